The van der Waals surface area contributed by atoms with Crippen molar-refractivity contribution in [2.24, 2.45) is 0 Å². The summed E-state index contributed by atoms with van der Waals surface area (Å²) < 4.78 is 0. The van der Waals surface area contributed by atoms with Gasteiger partial charge in [-0.05, 0) is 23.3 Å². The van der Waals surface area contributed by atoms with Gasteiger partial charge in [-0.25, -0.2) is 10.3 Å². The smallest absolute Gasteiger partial charge is 0.231 e. The van der Waals surface area contributed by atoms with Gasteiger partial charge in [0.1, 0.15) is 11.4 Å². The van der Waals surface area contributed by atoms with Gasteiger partial charge in [-0.3, -0.25) is 0 Å². The van der Waals surface area contributed by atoms with Gasteiger partial charge in [-0.2, -0.15) is 0 Å². The molecule has 0 radical (unpaired) electrons. The molecule has 0 aliphatic carbocycles. The third-order valence-corrected chi connectivity index (χ3v) is 4.67. The molecule has 0 aliphatic heterocycles. The molecule has 0 aliphatic rings. The van der Waals surface area contributed by atoms with Gasteiger partial charge in [0.2, 0.25) is 0 Å². The first kappa shape index (κ1) is 14.7. The van der Waals surface area contributed by atoms with E-state index in [-0.39, 0.29) is 0 Å². The first-order chi connectivity index (χ1) is 11.9. The van der Waals surface area contributed by atoms with Crippen molar-refractivity contribution in [3.05, 3.63) is 90.3 Å². The SMILES string of the molecule is c1ccc(Nc2[nH+]c(-c3ccc(-c4ccccc4)cc3)cs2)cc1. The third kappa shape index (κ3) is 3.21. The predicted molar refractivity (Wildman–Crippen MR) is 101 cm³/mol. The molecule has 4 rings (SSSR count). The summed E-state index contributed by atoms with van der Waals surface area (Å²) in [6.45, 7) is 0. The summed E-state index contributed by atoms with van der Waals surface area (Å²) in [4.78, 5) is 3.44. The molecule has 0 saturated carbocycles. The highest BCUT2D eigenvalue weighted by Crippen LogP contribution is 2.26. The van der Waals surface area contributed by atoms with Crippen LogP contribution in [0.1, 0.15) is 0 Å². The monoisotopic (exact) mass is 329 g/mol. The van der Waals surface area contributed by atoms with Gasteiger partial charge in [-0.15, -0.1) is 0 Å². The predicted octanol–water partition coefficient (Wildman–Crippen LogP) is 5.64. The van der Waals surface area contributed by atoms with Crippen molar-refractivity contribution in [1.82, 2.24) is 0 Å². The zero-order chi connectivity index (χ0) is 16.2. The van der Waals surface area contributed by atoms with E-state index >= 15 is 0 Å². The largest absolute Gasteiger partial charge is 0.337 e. The molecule has 0 fully saturated rings. The Bertz CT molecular complexity index is 913. The van der Waals surface area contributed by atoms with Crippen LogP contribution in [0.3, 0.4) is 0 Å². The highest BCUT2D eigenvalue weighted by Gasteiger charge is 2.10. The molecule has 1 heterocycles. The topological polar surface area (TPSA) is 26.2 Å². The fraction of sp³-hybridized carbons (Fsp3) is 0. The second kappa shape index (κ2) is 6.69. The maximum absolute atomic E-state index is 3.44. The number of aromatic nitrogens is 1. The Morgan fingerprint density at radius 1 is 0.625 bits per heavy atom. The fourth-order valence-corrected chi connectivity index (χ4v) is 3.40. The molecule has 24 heavy (non-hydrogen) atoms. The maximum Gasteiger partial charge on any atom is 0.337 e. The van der Waals surface area contributed by atoms with Crippen LogP contribution in [-0.4, -0.2) is 0 Å². The molecule has 0 unspecified atom stereocenters. The van der Waals surface area contributed by atoms with E-state index < -0.39 is 0 Å². The van der Waals surface area contributed by atoms with Crippen LogP contribution in [0.5, 0.6) is 0 Å². The number of nitrogens with one attached hydrogen (secondary N) is 2. The van der Waals surface area contributed by atoms with Crippen LogP contribution in [0.4, 0.5) is 10.8 Å². The number of hydrogen-bond acceptors (Lipinski definition) is 2. The van der Waals surface area contributed by atoms with E-state index in [1.807, 2.05) is 24.3 Å². The Labute approximate surface area is 145 Å². The number of para-hydroxylation sites is 1. The van der Waals surface area contributed by atoms with Crippen LogP contribution in [0.15, 0.2) is 90.3 Å². The Morgan fingerprint density at radius 2 is 1.21 bits per heavy atom. The summed E-state index contributed by atoms with van der Waals surface area (Å²) in [6, 6.07) is 29.3. The summed E-state index contributed by atoms with van der Waals surface area (Å²) in [7, 11) is 0. The molecule has 3 heteroatoms. The minimum absolute atomic E-state index is 1.03. The third-order valence-electron chi connectivity index (χ3n) is 3.88. The van der Waals surface area contributed by atoms with Crippen molar-refractivity contribution < 1.29 is 4.98 Å². The van der Waals surface area contributed by atoms with Gasteiger partial charge in [0.25, 0.3) is 0 Å². The summed E-state index contributed by atoms with van der Waals surface area (Å²) in [5, 5.41) is 6.57. The lowest BCUT2D eigenvalue weighted by Crippen LogP contribution is -2.07. The van der Waals surface area contributed by atoms with Gasteiger partial charge in [0.15, 0.2) is 0 Å². The fourth-order valence-electron chi connectivity index (χ4n) is 2.63. The Hall–Kier alpha value is -2.91. The molecule has 3 aromatic carbocycles. The molecule has 4 aromatic rings. The normalized spacial score (nSPS) is 10.5. The number of H-pyrrole nitrogens is 1. The maximum atomic E-state index is 3.44. The lowest BCUT2D eigenvalue weighted by molar-refractivity contribution is -0.340. The van der Waals surface area contributed by atoms with E-state index in [2.05, 4.69) is 76.3 Å². The zero-order valence-corrected chi connectivity index (χ0v) is 13.9. The number of hydrogen-bond donors (Lipinski definition) is 1. The van der Waals surface area contributed by atoms with Gasteiger partial charge in [0, 0.05) is 10.9 Å². The van der Waals surface area contributed by atoms with Gasteiger partial charge in [-0.1, -0.05) is 84.1 Å². The number of anilines is 2. The van der Waals surface area contributed by atoms with E-state index in [1.165, 1.54) is 16.7 Å². The Balaban J connectivity index is 1.54. The van der Waals surface area contributed by atoms with Crippen molar-refractivity contribution in [2.45, 2.75) is 0 Å². The van der Waals surface area contributed by atoms with E-state index in [0.29, 0.717) is 0 Å². The highest BCUT2D eigenvalue weighted by atomic mass is 32.1. The van der Waals surface area contributed by atoms with Crippen LogP contribution in [-0.2, 0) is 0 Å². The molecular weight excluding hydrogens is 312 g/mol. The average molecular weight is 329 g/mol. The van der Waals surface area contributed by atoms with Crippen molar-refractivity contribution in [2.75, 3.05) is 5.32 Å². The highest BCUT2D eigenvalue weighted by molar-refractivity contribution is 7.13. The molecule has 0 amide bonds. The van der Waals surface area contributed by atoms with Crippen molar-refractivity contribution in [3.8, 4) is 22.4 Å². The van der Waals surface area contributed by atoms with Crippen molar-refractivity contribution >= 4 is 22.2 Å². The summed E-state index contributed by atoms with van der Waals surface area (Å²) in [6.07, 6.45) is 0. The summed E-state index contributed by atoms with van der Waals surface area (Å²) in [5.41, 5.74) is 5.87. The second-order valence-corrected chi connectivity index (χ2v) is 6.42. The molecule has 2 nitrogen and oxygen atoms in total. The standard InChI is InChI=1S/C21H16N2S/c1-3-7-16(8-4-1)17-11-13-18(14-12-17)20-15-24-21(23-20)22-19-9-5-2-6-10-19/h1-15H,(H,22,23)/p+1. The zero-order valence-electron chi connectivity index (χ0n) is 13.1. The minimum atomic E-state index is 1.03. The molecule has 0 saturated heterocycles. The second-order valence-electron chi connectivity index (χ2n) is 5.54. The van der Waals surface area contributed by atoms with E-state index in [4.69, 9.17) is 0 Å². The molecule has 0 bridgehead atoms. The summed E-state index contributed by atoms with van der Waals surface area (Å²) >= 11 is 1.67. The molecule has 1 aromatic heterocycles. The van der Waals surface area contributed by atoms with E-state index in [0.717, 1.165) is 16.5 Å². The summed E-state index contributed by atoms with van der Waals surface area (Å²) in [5.74, 6) is 0. The molecular formula is C21H17N2S+. The first-order valence-electron chi connectivity index (χ1n) is 7.87. The first-order valence-corrected chi connectivity index (χ1v) is 8.75. The van der Waals surface area contributed by atoms with Crippen LogP contribution in [0.25, 0.3) is 22.4 Å². The lowest BCUT2D eigenvalue weighted by atomic mass is 10.0. The number of benzene rings is 3. The molecule has 0 spiro atoms. The number of thiazole rings is 1. The van der Waals surface area contributed by atoms with Crippen LogP contribution < -0.4 is 10.3 Å². The van der Waals surface area contributed by atoms with Crippen molar-refractivity contribution in [1.29, 1.82) is 0 Å². The van der Waals surface area contributed by atoms with Gasteiger partial charge < -0.3 is 0 Å². The minimum Gasteiger partial charge on any atom is -0.231 e. The molecule has 116 valence electrons. The molecule has 2 N–H and O–H groups in total. The van der Waals surface area contributed by atoms with Gasteiger partial charge in [0.05, 0.1) is 0 Å². The van der Waals surface area contributed by atoms with Crippen LogP contribution >= 0.6 is 11.3 Å². The van der Waals surface area contributed by atoms with Crippen LogP contribution in [0.2, 0.25) is 0 Å². The van der Waals surface area contributed by atoms with E-state index in [1.54, 1.807) is 11.3 Å². The number of aromatic amines is 1. The quantitative estimate of drug-likeness (QED) is 0.515. The van der Waals surface area contributed by atoms with Crippen molar-refractivity contribution in [3.63, 3.8) is 0 Å². The van der Waals surface area contributed by atoms with Crippen LogP contribution in [0, 0.1) is 0 Å². The molecule has 0 atom stereocenters. The Morgan fingerprint density at radius 3 is 1.92 bits per heavy atom. The average Bonchev–Trinajstić information content (AvgIpc) is 3.12. The lowest BCUT2D eigenvalue weighted by Gasteiger charge is -2.02. The van der Waals surface area contributed by atoms with E-state index in [9.17, 15) is 0 Å². The Kier molecular flexibility index (Phi) is 4.09. The number of rotatable bonds is 4. The van der Waals surface area contributed by atoms with Gasteiger partial charge >= 0.3 is 5.13 Å².